The summed E-state index contributed by atoms with van der Waals surface area (Å²) in [6.07, 6.45) is 4.54. The molecule has 8 nitrogen and oxygen atoms in total. The topological polar surface area (TPSA) is 95.3 Å². The van der Waals surface area contributed by atoms with Crippen molar-refractivity contribution in [2.45, 2.75) is 31.0 Å². The van der Waals surface area contributed by atoms with E-state index in [4.69, 9.17) is 9.47 Å². The van der Waals surface area contributed by atoms with Crippen molar-refractivity contribution >= 4 is 40.0 Å². The second-order valence-electron chi connectivity index (χ2n) is 7.32. The number of esters is 1. The maximum absolute atomic E-state index is 12.7. The van der Waals surface area contributed by atoms with Gasteiger partial charge in [-0.1, -0.05) is 17.8 Å². The average Bonchev–Trinajstić information content (AvgIpc) is 3.52. The molecule has 0 fully saturated rings. The van der Waals surface area contributed by atoms with Gasteiger partial charge in [-0.25, -0.2) is 4.79 Å². The summed E-state index contributed by atoms with van der Waals surface area (Å²) in [7, 11) is 2.97. The Hall–Kier alpha value is -3.11. The fourth-order valence-corrected chi connectivity index (χ4v) is 5.79. The number of carbonyl (C=O) groups excluding carboxylic acids is 2. The monoisotopic (exact) mass is 484 g/mol. The van der Waals surface area contributed by atoms with Gasteiger partial charge in [0.2, 0.25) is 5.91 Å². The summed E-state index contributed by atoms with van der Waals surface area (Å²) in [5.41, 5.74) is 2.38. The maximum Gasteiger partial charge on any atom is 0.341 e. The third-order valence-corrected chi connectivity index (χ3v) is 7.45. The van der Waals surface area contributed by atoms with Crippen molar-refractivity contribution in [2.75, 3.05) is 25.3 Å². The number of anilines is 1. The Morgan fingerprint density at radius 1 is 1.24 bits per heavy atom. The minimum atomic E-state index is -0.410. The minimum Gasteiger partial charge on any atom is -0.497 e. The molecular formula is C23H24N4O4S2. The van der Waals surface area contributed by atoms with E-state index in [0.29, 0.717) is 28.1 Å². The Morgan fingerprint density at radius 3 is 2.73 bits per heavy atom. The molecule has 10 heteroatoms. The van der Waals surface area contributed by atoms with E-state index < -0.39 is 5.97 Å². The number of aryl methyl sites for hydroxylation is 1. The fraction of sp³-hybridized carbons (Fsp3) is 0.304. The summed E-state index contributed by atoms with van der Waals surface area (Å²) in [4.78, 5) is 26.2. The Kier molecular flexibility index (Phi) is 7.14. The number of nitrogens with one attached hydrogen (secondary N) is 1. The molecule has 1 N–H and O–H groups in total. The lowest BCUT2D eigenvalue weighted by Gasteiger charge is -2.09. The number of hydrogen-bond donors (Lipinski definition) is 1. The number of methoxy groups -OCH3 is 2. The van der Waals surface area contributed by atoms with E-state index in [1.165, 1.54) is 30.2 Å². The highest BCUT2D eigenvalue weighted by Crippen LogP contribution is 2.39. The van der Waals surface area contributed by atoms with E-state index in [0.717, 1.165) is 41.0 Å². The van der Waals surface area contributed by atoms with Crippen LogP contribution in [0.4, 0.5) is 5.00 Å². The molecule has 2 aromatic heterocycles. The van der Waals surface area contributed by atoms with Gasteiger partial charge in [-0.15, -0.1) is 28.1 Å². The largest absolute Gasteiger partial charge is 0.497 e. The zero-order valence-electron chi connectivity index (χ0n) is 18.4. The number of hydrogen-bond acceptors (Lipinski definition) is 8. The SMILES string of the molecule is C=CCn1c(SCC(=O)Nc2sc3c(c2C(=O)OC)CCC3)nnc1-c1ccc(OC)cc1. The molecule has 1 amide bonds. The van der Waals surface area contributed by atoms with E-state index in [1.54, 1.807) is 13.2 Å². The number of thioether (sulfide) groups is 1. The summed E-state index contributed by atoms with van der Waals surface area (Å²) in [5.74, 6) is 0.936. The van der Waals surface area contributed by atoms with Crippen molar-refractivity contribution in [3.05, 3.63) is 52.9 Å². The average molecular weight is 485 g/mol. The van der Waals surface area contributed by atoms with Gasteiger partial charge in [0.05, 0.1) is 25.5 Å². The molecule has 1 aliphatic rings. The van der Waals surface area contributed by atoms with Crippen LogP contribution >= 0.6 is 23.1 Å². The molecule has 33 heavy (non-hydrogen) atoms. The van der Waals surface area contributed by atoms with Crippen LogP contribution in [0.25, 0.3) is 11.4 Å². The number of rotatable bonds is 9. The maximum atomic E-state index is 12.7. The lowest BCUT2D eigenvalue weighted by atomic mass is 10.1. The molecule has 0 spiro atoms. The van der Waals surface area contributed by atoms with Crippen molar-refractivity contribution in [3.63, 3.8) is 0 Å². The van der Waals surface area contributed by atoms with E-state index in [-0.39, 0.29) is 11.7 Å². The fourth-order valence-electron chi connectivity index (χ4n) is 3.75. The van der Waals surface area contributed by atoms with Crippen molar-refractivity contribution < 1.29 is 19.1 Å². The first kappa shape index (κ1) is 23.1. The van der Waals surface area contributed by atoms with Gasteiger partial charge in [0.1, 0.15) is 10.8 Å². The summed E-state index contributed by atoms with van der Waals surface area (Å²) in [6, 6.07) is 7.54. The van der Waals surface area contributed by atoms with Crippen LogP contribution in [0.3, 0.4) is 0 Å². The van der Waals surface area contributed by atoms with Crippen molar-refractivity contribution in [1.29, 1.82) is 0 Å². The van der Waals surface area contributed by atoms with Crippen molar-refractivity contribution in [3.8, 4) is 17.1 Å². The van der Waals surface area contributed by atoms with Gasteiger partial charge < -0.3 is 14.8 Å². The highest BCUT2D eigenvalue weighted by molar-refractivity contribution is 7.99. The van der Waals surface area contributed by atoms with Gasteiger partial charge >= 0.3 is 5.97 Å². The number of fused-ring (bicyclic) bond motifs is 1. The Balaban J connectivity index is 1.48. The molecule has 0 aliphatic heterocycles. The van der Waals surface area contributed by atoms with Gasteiger partial charge in [-0.3, -0.25) is 9.36 Å². The number of carbonyl (C=O) groups is 2. The Morgan fingerprint density at radius 2 is 2.03 bits per heavy atom. The van der Waals surface area contributed by atoms with Gasteiger partial charge in [-0.05, 0) is 49.1 Å². The van der Waals surface area contributed by atoms with Crippen molar-refractivity contribution in [1.82, 2.24) is 14.8 Å². The third kappa shape index (κ3) is 4.81. The van der Waals surface area contributed by atoms with Crippen LogP contribution in [-0.4, -0.2) is 46.6 Å². The number of ether oxygens (including phenoxy) is 2. The molecule has 1 aromatic carbocycles. The van der Waals surface area contributed by atoms with Crippen LogP contribution < -0.4 is 10.1 Å². The van der Waals surface area contributed by atoms with Crippen LogP contribution in [0, 0.1) is 0 Å². The molecule has 0 radical (unpaired) electrons. The van der Waals surface area contributed by atoms with E-state index in [9.17, 15) is 9.59 Å². The van der Waals surface area contributed by atoms with E-state index in [2.05, 4.69) is 22.1 Å². The van der Waals surface area contributed by atoms with Crippen LogP contribution in [0.1, 0.15) is 27.2 Å². The number of benzene rings is 1. The van der Waals surface area contributed by atoms with Crippen molar-refractivity contribution in [2.24, 2.45) is 0 Å². The molecule has 4 rings (SSSR count). The molecule has 0 atom stereocenters. The Labute approximate surface area is 200 Å². The smallest absolute Gasteiger partial charge is 0.341 e. The second kappa shape index (κ2) is 10.2. The summed E-state index contributed by atoms with van der Waals surface area (Å²) in [6.45, 7) is 4.32. The lowest BCUT2D eigenvalue weighted by molar-refractivity contribution is -0.113. The first-order valence-electron chi connectivity index (χ1n) is 10.4. The molecule has 1 aliphatic carbocycles. The summed E-state index contributed by atoms with van der Waals surface area (Å²) in [5, 5.41) is 12.7. The minimum absolute atomic E-state index is 0.126. The molecular weight excluding hydrogens is 460 g/mol. The van der Waals surface area contributed by atoms with Crippen LogP contribution in [0.15, 0.2) is 42.1 Å². The first-order valence-corrected chi connectivity index (χ1v) is 12.2. The molecule has 0 unspecified atom stereocenters. The predicted octanol–water partition coefficient (Wildman–Crippen LogP) is 4.21. The molecule has 172 valence electrons. The third-order valence-electron chi connectivity index (χ3n) is 5.27. The molecule has 0 saturated carbocycles. The zero-order valence-corrected chi connectivity index (χ0v) is 20.1. The zero-order chi connectivity index (χ0) is 23.4. The van der Waals surface area contributed by atoms with Gasteiger partial charge in [0.15, 0.2) is 11.0 Å². The van der Waals surface area contributed by atoms with Crippen LogP contribution in [0.2, 0.25) is 0 Å². The number of thiophene rings is 1. The van der Waals surface area contributed by atoms with E-state index in [1.807, 2.05) is 28.8 Å². The molecule has 0 saturated heterocycles. The first-order chi connectivity index (χ1) is 16.0. The summed E-state index contributed by atoms with van der Waals surface area (Å²) < 4.78 is 12.1. The van der Waals surface area contributed by atoms with Gasteiger partial charge in [0, 0.05) is 17.0 Å². The number of amides is 1. The van der Waals surface area contributed by atoms with Crippen LogP contribution in [-0.2, 0) is 28.9 Å². The molecule has 2 heterocycles. The van der Waals surface area contributed by atoms with Crippen LogP contribution in [0.5, 0.6) is 5.75 Å². The molecule has 3 aromatic rings. The predicted molar refractivity (Wildman–Crippen MR) is 129 cm³/mol. The normalized spacial score (nSPS) is 12.3. The highest BCUT2D eigenvalue weighted by atomic mass is 32.2. The van der Waals surface area contributed by atoms with E-state index >= 15 is 0 Å². The number of nitrogens with zero attached hydrogens (tertiary/aromatic N) is 3. The second-order valence-corrected chi connectivity index (χ2v) is 9.37. The Bertz CT molecular complexity index is 1180. The lowest BCUT2D eigenvalue weighted by Crippen LogP contribution is -2.16. The van der Waals surface area contributed by atoms with Gasteiger partial charge in [-0.2, -0.15) is 0 Å². The number of allylic oxidation sites excluding steroid dienone is 1. The molecule has 0 bridgehead atoms. The van der Waals surface area contributed by atoms with Gasteiger partial charge in [0.25, 0.3) is 0 Å². The standard InChI is InChI=1S/C23H24N4O4S2/c1-4-12-27-20(14-8-10-15(30-2)11-9-14)25-26-23(27)32-13-18(28)24-21-19(22(29)31-3)16-6-5-7-17(16)33-21/h4,8-11H,1,5-7,12-13H2,2-3H3,(H,24,28). The number of aromatic nitrogens is 3. The summed E-state index contributed by atoms with van der Waals surface area (Å²) >= 11 is 2.74. The highest BCUT2D eigenvalue weighted by Gasteiger charge is 2.28. The quantitative estimate of drug-likeness (QED) is 0.276.